The summed E-state index contributed by atoms with van der Waals surface area (Å²) in [6.07, 6.45) is 3.37. The van der Waals surface area contributed by atoms with Gasteiger partial charge in [0.25, 0.3) is 5.56 Å². The van der Waals surface area contributed by atoms with Crippen LogP contribution < -0.4 is 5.56 Å². The molecule has 0 unspecified atom stereocenters. The molecule has 0 bridgehead atoms. The van der Waals surface area contributed by atoms with Gasteiger partial charge in [-0.3, -0.25) is 9.36 Å². The van der Waals surface area contributed by atoms with Crippen LogP contribution in [0.4, 0.5) is 0 Å². The maximum Gasteiger partial charge on any atom is 0.339 e. The Kier molecular flexibility index (Phi) is 10.7. The minimum absolute atomic E-state index is 0.0805. The molecule has 4 heterocycles. The van der Waals surface area contributed by atoms with E-state index in [1.165, 1.54) is 0 Å². The van der Waals surface area contributed by atoms with Crippen molar-refractivity contribution in [3.05, 3.63) is 75.4 Å². The molecule has 164 valence electrons. The van der Waals surface area contributed by atoms with Crippen LogP contribution in [0.2, 0.25) is 5.15 Å². The second-order valence-electron chi connectivity index (χ2n) is 5.72. The summed E-state index contributed by atoms with van der Waals surface area (Å²) in [6, 6.07) is 11.5. The first kappa shape index (κ1) is 26.5. The average Bonchev–Trinajstić information content (AvgIpc) is 2.72. The van der Waals surface area contributed by atoms with Crippen LogP contribution in [0.1, 0.15) is 11.1 Å². The third kappa shape index (κ3) is 8.97. The van der Waals surface area contributed by atoms with Gasteiger partial charge in [-0.05, 0) is 70.1 Å². The Balaban J connectivity index is 0.000000182. The van der Waals surface area contributed by atoms with Crippen LogP contribution >= 0.6 is 82.4 Å². The fourth-order valence-corrected chi connectivity index (χ4v) is 3.51. The molecule has 1 N–H and O–H groups in total. The Morgan fingerprint density at radius 1 is 0.935 bits per heavy atom. The molecule has 0 saturated heterocycles. The first-order valence-corrected chi connectivity index (χ1v) is 15.3. The van der Waals surface area contributed by atoms with Crippen molar-refractivity contribution in [3.63, 3.8) is 0 Å². The third-order valence-electron chi connectivity index (χ3n) is 3.60. The molecule has 0 amide bonds. The SMILES string of the molecule is Clc1nc2ncccc2cc1CBr.O=P(Cl)(Cl)Cl.O=c1[nH]c2ncccc2cc1CBr. The molecule has 4 aromatic heterocycles. The summed E-state index contributed by atoms with van der Waals surface area (Å²) in [7, 11) is 0. The van der Waals surface area contributed by atoms with Crippen molar-refractivity contribution in [3.8, 4) is 0 Å². The van der Waals surface area contributed by atoms with Crippen LogP contribution in [0.3, 0.4) is 0 Å². The van der Waals surface area contributed by atoms with Crippen molar-refractivity contribution in [2.75, 3.05) is 0 Å². The number of alkyl halides is 2. The van der Waals surface area contributed by atoms with Crippen molar-refractivity contribution >= 4 is 104 Å². The molecule has 0 atom stereocenters. The van der Waals surface area contributed by atoms with E-state index in [4.69, 9.17) is 11.6 Å². The summed E-state index contributed by atoms with van der Waals surface area (Å²) in [5, 5.41) is 0.539. The van der Waals surface area contributed by atoms with Gasteiger partial charge in [0.1, 0.15) is 10.8 Å². The molecule has 0 spiro atoms. The van der Waals surface area contributed by atoms with Gasteiger partial charge < -0.3 is 4.98 Å². The monoisotopic (exact) mass is 646 g/mol. The van der Waals surface area contributed by atoms with Crippen molar-refractivity contribution in [2.45, 2.75) is 10.7 Å². The van der Waals surface area contributed by atoms with Crippen LogP contribution in [0.5, 0.6) is 0 Å². The van der Waals surface area contributed by atoms with Gasteiger partial charge in [-0.25, -0.2) is 15.0 Å². The highest BCUT2D eigenvalue weighted by Gasteiger charge is 2.04. The minimum atomic E-state index is -3.22. The molecule has 4 aromatic rings. The highest BCUT2D eigenvalue weighted by molar-refractivity contribution is 9.08. The average molecular weight is 650 g/mol. The van der Waals surface area contributed by atoms with Crippen molar-refractivity contribution < 1.29 is 4.57 Å². The summed E-state index contributed by atoms with van der Waals surface area (Å²) in [4.78, 5) is 26.4. The number of pyridine rings is 4. The molecular weight excluding hydrogens is 637 g/mol. The van der Waals surface area contributed by atoms with E-state index in [1.54, 1.807) is 12.4 Å². The van der Waals surface area contributed by atoms with E-state index in [-0.39, 0.29) is 5.56 Å². The van der Waals surface area contributed by atoms with E-state index in [1.807, 2.05) is 36.4 Å². The number of rotatable bonds is 2. The molecule has 0 aliphatic heterocycles. The normalized spacial score (nSPS) is 10.8. The predicted octanol–water partition coefficient (Wildman–Crippen LogP) is 7.81. The van der Waals surface area contributed by atoms with Crippen molar-refractivity contribution in [2.24, 2.45) is 0 Å². The van der Waals surface area contributed by atoms with E-state index < -0.39 is 5.20 Å². The number of hydrogen-bond acceptors (Lipinski definition) is 5. The molecule has 0 radical (unpaired) electrons. The number of fused-ring (bicyclic) bond motifs is 2. The maximum atomic E-state index is 11.3. The molecular formula is C18H13Br2Cl4N4O2P. The summed E-state index contributed by atoms with van der Waals surface area (Å²) in [6.45, 7) is 0. The Hall–Kier alpha value is -0.730. The van der Waals surface area contributed by atoms with E-state index in [9.17, 15) is 9.36 Å². The zero-order valence-electron chi connectivity index (χ0n) is 15.4. The lowest BCUT2D eigenvalue weighted by Crippen LogP contribution is -2.10. The highest BCUT2D eigenvalue weighted by Crippen LogP contribution is 2.61. The first-order valence-electron chi connectivity index (χ1n) is 8.30. The molecule has 4 rings (SSSR count). The molecule has 0 fully saturated rings. The lowest BCUT2D eigenvalue weighted by molar-refractivity contribution is 0.600. The lowest BCUT2D eigenvalue weighted by Gasteiger charge is -2.01. The fraction of sp³-hybridized carbons (Fsp3) is 0.111. The Morgan fingerprint density at radius 3 is 2.10 bits per heavy atom. The number of H-pyrrole nitrogens is 1. The maximum absolute atomic E-state index is 11.3. The topological polar surface area (TPSA) is 88.6 Å². The molecule has 0 aliphatic carbocycles. The molecule has 0 aliphatic rings. The van der Waals surface area contributed by atoms with Gasteiger partial charge in [0.2, 0.25) is 0 Å². The van der Waals surface area contributed by atoms with E-state index >= 15 is 0 Å². The van der Waals surface area contributed by atoms with E-state index in [0.717, 1.165) is 21.9 Å². The second-order valence-corrected chi connectivity index (χ2v) is 13.8. The third-order valence-corrected chi connectivity index (χ3v) is 5.13. The molecule has 6 nitrogen and oxygen atoms in total. The Morgan fingerprint density at radius 2 is 1.48 bits per heavy atom. The molecule has 0 saturated carbocycles. The lowest BCUT2D eigenvalue weighted by atomic mass is 10.2. The number of halogens is 6. The van der Waals surface area contributed by atoms with Gasteiger partial charge >= 0.3 is 5.20 Å². The number of nitrogens with zero attached hydrogens (tertiary/aromatic N) is 3. The molecule has 0 aromatic carbocycles. The molecule has 13 heteroatoms. The highest BCUT2D eigenvalue weighted by atomic mass is 79.9. The van der Waals surface area contributed by atoms with Crippen molar-refractivity contribution in [1.82, 2.24) is 19.9 Å². The minimum Gasteiger partial charge on any atom is -0.306 e. The van der Waals surface area contributed by atoms with Gasteiger partial charge in [0.05, 0.1) is 0 Å². The molecule has 31 heavy (non-hydrogen) atoms. The van der Waals surface area contributed by atoms with Gasteiger partial charge in [0, 0.05) is 45.0 Å². The Labute approximate surface area is 213 Å². The van der Waals surface area contributed by atoms with Crippen LogP contribution in [-0.2, 0) is 15.2 Å². The van der Waals surface area contributed by atoms with Crippen LogP contribution in [0, 0.1) is 0 Å². The van der Waals surface area contributed by atoms with Gasteiger partial charge in [0.15, 0.2) is 5.65 Å². The van der Waals surface area contributed by atoms with Crippen LogP contribution in [0.15, 0.2) is 53.6 Å². The van der Waals surface area contributed by atoms with E-state index in [0.29, 0.717) is 27.1 Å². The van der Waals surface area contributed by atoms with Gasteiger partial charge in [-0.1, -0.05) is 43.5 Å². The predicted molar refractivity (Wildman–Crippen MR) is 137 cm³/mol. The fourth-order valence-electron chi connectivity index (χ4n) is 2.30. The summed E-state index contributed by atoms with van der Waals surface area (Å²) in [5.41, 5.74) is 2.96. The number of aromatic nitrogens is 4. The van der Waals surface area contributed by atoms with Gasteiger partial charge in [-0.15, -0.1) is 0 Å². The standard InChI is InChI=1S/C9H6BrClN2.C9H7BrN2O.Cl3OP/c10-5-7-4-6-2-1-3-12-9(6)13-8(7)11;10-5-7-4-6-2-1-3-11-8(6)12-9(7)13;1-5(2,3)4/h1-4H,5H2;1-4H,5H2,(H,11,12,13);. The number of hydrogen-bond donors (Lipinski definition) is 1. The smallest absolute Gasteiger partial charge is 0.306 e. The van der Waals surface area contributed by atoms with E-state index in [2.05, 4.69) is 85.5 Å². The van der Waals surface area contributed by atoms with Gasteiger partial charge in [-0.2, -0.15) is 0 Å². The van der Waals surface area contributed by atoms with Crippen molar-refractivity contribution in [1.29, 1.82) is 0 Å². The first-order chi connectivity index (χ1) is 14.6. The zero-order valence-corrected chi connectivity index (χ0v) is 22.5. The number of aromatic amines is 1. The largest absolute Gasteiger partial charge is 0.339 e. The number of nitrogens with one attached hydrogen (secondary N) is 1. The zero-order chi connectivity index (χ0) is 23.0. The second kappa shape index (κ2) is 12.5. The summed E-state index contributed by atoms with van der Waals surface area (Å²) < 4.78 is 9.51. The van der Waals surface area contributed by atoms with Crippen LogP contribution in [-0.4, -0.2) is 19.9 Å². The quantitative estimate of drug-likeness (QED) is 0.136. The van der Waals surface area contributed by atoms with Crippen LogP contribution in [0.25, 0.3) is 22.1 Å². The summed E-state index contributed by atoms with van der Waals surface area (Å²) in [5.74, 6) is 0. The Bertz CT molecular complexity index is 1280. The summed E-state index contributed by atoms with van der Waals surface area (Å²) >= 11 is 26.4.